The molecule has 0 spiro atoms. The minimum atomic E-state index is 0.216. The van der Waals surface area contributed by atoms with Crippen LogP contribution in [0.25, 0.3) is 0 Å². The van der Waals surface area contributed by atoms with E-state index in [-0.39, 0.29) is 6.04 Å². The number of hydrogen-bond donors (Lipinski definition) is 1. The van der Waals surface area contributed by atoms with Gasteiger partial charge < -0.3 is 10.1 Å². The maximum atomic E-state index is 6.38. The van der Waals surface area contributed by atoms with E-state index in [1.807, 2.05) is 12.1 Å². The Balaban J connectivity index is 2.11. The number of nitrogens with zero attached hydrogens (tertiary/aromatic N) is 1. The molecule has 1 heterocycles. The molecule has 2 unspecified atom stereocenters. The average Bonchev–Trinajstić information content (AvgIpc) is 2.98. The highest BCUT2D eigenvalue weighted by atomic mass is 35.5. The molecular weight excluding hydrogens is 307 g/mol. The maximum Gasteiger partial charge on any atom is 0.0640 e. The molecule has 0 amide bonds. The predicted molar refractivity (Wildman–Crippen MR) is 89.4 cm³/mol. The zero-order valence-corrected chi connectivity index (χ0v) is 14.3. The van der Waals surface area contributed by atoms with Crippen LogP contribution in [-0.2, 0) is 4.74 Å². The molecule has 1 saturated heterocycles. The van der Waals surface area contributed by atoms with Crippen molar-refractivity contribution in [1.29, 1.82) is 0 Å². The molecule has 118 valence electrons. The number of ether oxygens (including phenoxy) is 1. The fraction of sp³-hybridized carbons (Fsp3) is 0.625. The van der Waals surface area contributed by atoms with Gasteiger partial charge in [-0.25, -0.2) is 0 Å². The Morgan fingerprint density at radius 2 is 2.24 bits per heavy atom. The molecule has 0 bridgehead atoms. The van der Waals surface area contributed by atoms with E-state index in [1.54, 1.807) is 7.11 Å². The van der Waals surface area contributed by atoms with E-state index in [1.165, 1.54) is 12.8 Å². The highest BCUT2D eigenvalue weighted by molar-refractivity contribution is 6.42. The summed E-state index contributed by atoms with van der Waals surface area (Å²) in [6.45, 7) is 5.92. The first-order valence-electron chi connectivity index (χ1n) is 7.53. The van der Waals surface area contributed by atoms with Crippen LogP contribution in [-0.4, -0.2) is 44.3 Å². The SMILES string of the molecule is COCCN(CC1CCCN1)C(C)c1cccc(Cl)c1Cl. The number of hydrogen-bond acceptors (Lipinski definition) is 3. The molecule has 2 atom stereocenters. The molecule has 1 aliphatic rings. The van der Waals surface area contributed by atoms with Gasteiger partial charge in [0.25, 0.3) is 0 Å². The second-order valence-electron chi connectivity index (χ2n) is 5.60. The van der Waals surface area contributed by atoms with Crippen LogP contribution in [0.4, 0.5) is 0 Å². The van der Waals surface area contributed by atoms with Gasteiger partial charge in [0.15, 0.2) is 0 Å². The lowest BCUT2D eigenvalue weighted by molar-refractivity contribution is 0.118. The number of halogens is 2. The lowest BCUT2D eigenvalue weighted by atomic mass is 10.1. The third-order valence-corrected chi connectivity index (χ3v) is 5.01. The van der Waals surface area contributed by atoms with E-state index < -0.39 is 0 Å². The Hall–Kier alpha value is -0.320. The van der Waals surface area contributed by atoms with E-state index in [4.69, 9.17) is 27.9 Å². The normalized spacial score (nSPS) is 20.1. The summed E-state index contributed by atoms with van der Waals surface area (Å²) in [7, 11) is 1.74. The second-order valence-corrected chi connectivity index (χ2v) is 6.39. The van der Waals surface area contributed by atoms with Crippen molar-refractivity contribution in [1.82, 2.24) is 10.2 Å². The summed E-state index contributed by atoms with van der Waals surface area (Å²) in [5.41, 5.74) is 1.08. The fourth-order valence-corrected chi connectivity index (χ4v) is 3.35. The van der Waals surface area contributed by atoms with E-state index in [0.29, 0.717) is 16.1 Å². The molecule has 1 fully saturated rings. The largest absolute Gasteiger partial charge is 0.383 e. The second kappa shape index (κ2) is 8.35. The van der Waals surface area contributed by atoms with Gasteiger partial charge >= 0.3 is 0 Å². The van der Waals surface area contributed by atoms with Crippen LogP contribution in [0.5, 0.6) is 0 Å². The van der Waals surface area contributed by atoms with E-state index >= 15 is 0 Å². The summed E-state index contributed by atoms with van der Waals surface area (Å²) in [6.07, 6.45) is 2.49. The molecule has 1 aromatic carbocycles. The van der Waals surface area contributed by atoms with E-state index in [9.17, 15) is 0 Å². The van der Waals surface area contributed by atoms with Crippen molar-refractivity contribution in [2.24, 2.45) is 0 Å². The standard InChI is InChI=1S/C16H24Cl2N2O/c1-12(14-6-3-7-15(17)16(14)18)20(9-10-21-2)11-13-5-4-8-19-13/h3,6-7,12-13,19H,4-5,8-11H2,1-2H3. The molecule has 1 N–H and O–H groups in total. The van der Waals surface area contributed by atoms with Gasteiger partial charge in [0.2, 0.25) is 0 Å². The number of methoxy groups -OCH3 is 1. The summed E-state index contributed by atoms with van der Waals surface area (Å²) in [4.78, 5) is 2.42. The Labute approximate surface area is 137 Å². The van der Waals surface area contributed by atoms with Gasteiger partial charge in [0.1, 0.15) is 0 Å². The Bertz CT molecular complexity index is 450. The summed E-state index contributed by atoms with van der Waals surface area (Å²) in [5.74, 6) is 0. The molecule has 2 rings (SSSR count). The van der Waals surface area contributed by atoms with E-state index in [0.717, 1.165) is 31.8 Å². The first-order chi connectivity index (χ1) is 10.1. The van der Waals surface area contributed by atoms with Gasteiger partial charge in [-0.2, -0.15) is 0 Å². The van der Waals surface area contributed by atoms with Crippen LogP contribution in [0.3, 0.4) is 0 Å². The van der Waals surface area contributed by atoms with Crippen LogP contribution in [0, 0.1) is 0 Å². The summed E-state index contributed by atoms with van der Waals surface area (Å²) in [5, 5.41) is 4.83. The number of benzene rings is 1. The van der Waals surface area contributed by atoms with Crippen molar-refractivity contribution in [2.75, 3.05) is 33.4 Å². The zero-order valence-electron chi connectivity index (χ0n) is 12.7. The molecule has 21 heavy (non-hydrogen) atoms. The summed E-state index contributed by atoms with van der Waals surface area (Å²) < 4.78 is 5.26. The predicted octanol–water partition coefficient (Wildman–Crippen LogP) is 3.75. The van der Waals surface area contributed by atoms with E-state index in [2.05, 4.69) is 23.2 Å². The fourth-order valence-electron chi connectivity index (χ4n) is 2.89. The minimum Gasteiger partial charge on any atom is -0.383 e. The van der Waals surface area contributed by atoms with Gasteiger partial charge in [0.05, 0.1) is 16.7 Å². The van der Waals surface area contributed by atoms with Crippen molar-refractivity contribution < 1.29 is 4.74 Å². The zero-order chi connectivity index (χ0) is 15.2. The molecular formula is C16H24Cl2N2O. The van der Waals surface area contributed by atoms with Crippen LogP contribution < -0.4 is 5.32 Å². The number of nitrogens with one attached hydrogen (secondary N) is 1. The molecule has 0 radical (unpaired) electrons. The van der Waals surface area contributed by atoms with Crippen molar-refractivity contribution in [3.05, 3.63) is 33.8 Å². The van der Waals surface area contributed by atoms with Crippen LogP contribution in [0.2, 0.25) is 10.0 Å². The van der Waals surface area contributed by atoms with Gasteiger partial charge in [-0.15, -0.1) is 0 Å². The molecule has 1 aliphatic heterocycles. The summed E-state index contributed by atoms with van der Waals surface area (Å²) in [6, 6.07) is 6.62. The maximum absolute atomic E-state index is 6.38. The molecule has 1 aromatic rings. The van der Waals surface area contributed by atoms with Crippen LogP contribution >= 0.6 is 23.2 Å². The van der Waals surface area contributed by atoms with Gasteiger partial charge in [-0.05, 0) is 37.9 Å². The Morgan fingerprint density at radius 3 is 2.90 bits per heavy atom. The average molecular weight is 331 g/mol. The topological polar surface area (TPSA) is 24.5 Å². The van der Waals surface area contributed by atoms with Crippen molar-refractivity contribution in [3.8, 4) is 0 Å². The quantitative estimate of drug-likeness (QED) is 0.823. The monoisotopic (exact) mass is 330 g/mol. The van der Waals surface area contributed by atoms with Crippen molar-refractivity contribution in [3.63, 3.8) is 0 Å². The van der Waals surface area contributed by atoms with Gasteiger partial charge in [0, 0.05) is 32.3 Å². The highest BCUT2D eigenvalue weighted by Crippen LogP contribution is 2.32. The molecule has 3 nitrogen and oxygen atoms in total. The smallest absolute Gasteiger partial charge is 0.0640 e. The highest BCUT2D eigenvalue weighted by Gasteiger charge is 2.23. The van der Waals surface area contributed by atoms with Gasteiger partial charge in [-0.1, -0.05) is 35.3 Å². The third-order valence-electron chi connectivity index (χ3n) is 4.18. The number of rotatable bonds is 7. The molecule has 0 saturated carbocycles. The molecule has 0 aromatic heterocycles. The van der Waals surface area contributed by atoms with Crippen molar-refractivity contribution in [2.45, 2.75) is 31.8 Å². The first kappa shape index (κ1) is 17.0. The first-order valence-corrected chi connectivity index (χ1v) is 8.29. The Morgan fingerprint density at radius 1 is 1.43 bits per heavy atom. The van der Waals surface area contributed by atoms with Crippen molar-refractivity contribution >= 4 is 23.2 Å². The van der Waals surface area contributed by atoms with Crippen LogP contribution in [0.15, 0.2) is 18.2 Å². The molecule has 0 aliphatic carbocycles. The van der Waals surface area contributed by atoms with Gasteiger partial charge in [-0.3, -0.25) is 4.90 Å². The minimum absolute atomic E-state index is 0.216. The summed E-state index contributed by atoms with van der Waals surface area (Å²) >= 11 is 12.5. The lowest BCUT2D eigenvalue weighted by Crippen LogP contribution is -2.40. The van der Waals surface area contributed by atoms with Crippen LogP contribution in [0.1, 0.15) is 31.4 Å². The Kier molecular flexibility index (Phi) is 6.77. The lowest BCUT2D eigenvalue weighted by Gasteiger charge is -2.32. The third kappa shape index (κ3) is 4.57. The molecule has 5 heteroatoms.